The van der Waals surface area contributed by atoms with E-state index >= 15 is 0 Å². The summed E-state index contributed by atoms with van der Waals surface area (Å²) in [5.41, 5.74) is 5.47. The van der Waals surface area contributed by atoms with Crippen LogP contribution in [0.2, 0.25) is 0 Å². The molecule has 0 spiro atoms. The summed E-state index contributed by atoms with van der Waals surface area (Å²) in [6, 6.07) is 5.88. The number of rotatable bonds is 6. The van der Waals surface area contributed by atoms with Gasteiger partial charge in [-0.05, 0) is 43.0 Å². The van der Waals surface area contributed by atoms with Crippen LogP contribution >= 0.6 is 11.3 Å². The Kier molecular flexibility index (Phi) is 5.64. The number of thiazole rings is 1. The number of carbonyl (C=O) groups is 1. The minimum atomic E-state index is -0.184. The third-order valence-corrected chi connectivity index (χ3v) is 5.40. The number of carbonyl (C=O) groups excluding carboxylic acids is 1. The molecule has 7 heteroatoms. The summed E-state index contributed by atoms with van der Waals surface area (Å²) >= 11 is 1.58. The van der Waals surface area contributed by atoms with Gasteiger partial charge in [0, 0.05) is 7.11 Å². The summed E-state index contributed by atoms with van der Waals surface area (Å²) in [5, 5.41) is 5.91. The zero-order valence-electron chi connectivity index (χ0n) is 15.6. The van der Waals surface area contributed by atoms with Crippen LogP contribution in [0.15, 0.2) is 58.2 Å². The molecule has 6 nitrogen and oxygen atoms in total. The molecule has 0 bridgehead atoms. The minimum Gasteiger partial charge on any atom is -0.382 e. The van der Waals surface area contributed by atoms with Crippen molar-refractivity contribution in [3.05, 3.63) is 58.8 Å². The Balaban J connectivity index is 1.50. The molecule has 1 unspecified atom stereocenters. The Bertz CT molecular complexity index is 1000. The number of guanidine groups is 1. The average Bonchev–Trinajstić information content (AvgIpc) is 3.29. The van der Waals surface area contributed by atoms with Gasteiger partial charge in [-0.3, -0.25) is 10.1 Å². The summed E-state index contributed by atoms with van der Waals surface area (Å²) in [4.78, 5) is 21.3. The summed E-state index contributed by atoms with van der Waals surface area (Å²) in [5.74, 6) is 0.286. The van der Waals surface area contributed by atoms with Crippen LogP contribution in [0.5, 0.6) is 0 Å². The Morgan fingerprint density at radius 1 is 1.36 bits per heavy atom. The molecule has 144 valence electrons. The maximum absolute atomic E-state index is 12.3. The molecular formula is C21H22N4O2S. The standard InChI is InChI=1S/C21H22N4O2S/c1-27-12-16(9-14-5-3-2-4-6-14)23-21-24-18(20(26)25-21)10-15-7-8-17-19(11-15)28-13-22-17/h3,5-8,10-11,13,16H,2,4,9,12H2,1H3,(H2,23,24,25,26)/b18-10-. The molecule has 28 heavy (non-hydrogen) atoms. The van der Waals surface area contributed by atoms with E-state index in [1.165, 1.54) is 5.57 Å². The van der Waals surface area contributed by atoms with E-state index in [9.17, 15) is 4.79 Å². The molecule has 1 saturated heterocycles. The van der Waals surface area contributed by atoms with Crippen molar-refractivity contribution in [1.82, 2.24) is 15.6 Å². The van der Waals surface area contributed by atoms with E-state index in [0.29, 0.717) is 18.3 Å². The quantitative estimate of drug-likeness (QED) is 0.737. The molecule has 0 saturated carbocycles. The van der Waals surface area contributed by atoms with Gasteiger partial charge in [-0.2, -0.15) is 0 Å². The van der Waals surface area contributed by atoms with Crippen LogP contribution in [0.4, 0.5) is 0 Å². The van der Waals surface area contributed by atoms with Gasteiger partial charge < -0.3 is 10.1 Å². The second kappa shape index (κ2) is 8.50. The lowest BCUT2D eigenvalue weighted by molar-refractivity contribution is -0.115. The minimum absolute atomic E-state index is 0.0605. The number of aromatic nitrogens is 1. The van der Waals surface area contributed by atoms with Crippen LogP contribution < -0.4 is 10.6 Å². The van der Waals surface area contributed by atoms with Gasteiger partial charge in [0.15, 0.2) is 0 Å². The number of nitrogens with zero attached hydrogens (tertiary/aromatic N) is 2. The van der Waals surface area contributed by atoms with Crippen molar-refractivity contribution in [1.29, 1.82) is 0 Å². The predicted molar refractivity (Wildman–Crippen MR) is 113 cm³/mol. The first-order valence-corrected chi connectivity index (χ1v) is 10.1. The first kappa shape index (κ1) is 18.6. The molecule has 2 heterocycles. The molecule has 4 rings (SSSR count). The summed E-state index contributed by atoms with van der Waals surface area (Å²) in [6.45, 7) is 0.493. The number of nitrogens with one attached hydrogen (secondary N) is 2. The van der Waals surface area contributed by atoms with Crippen molar-refractivity contribution in [3.63, 3.8) is 0 Å². The van der Waals surface area contributed by atoms with E-state index in [2.05, 4.69) is 38.8 Å². The van der Waals surface area contributed by atoms with Gasteiger partial charge in [0.05, 0.1) is 28.4 Å². The molecule has 2 aromatic rings. The van der Waals surface area contributed by atoms with Crippen molar-refractivity contribution in [2.45, 2.75) is 25.3 Å². The molecule has 2 N–H and O–H groups in total. The monoisotopic (exact) mass is 394 g/mol. The highest BCUT2D eigenvalue weighted by molar-refractivity contribution is 7.16. The van der Waals surface area contributed by atoms with Crippen molar-refractivity contribution >= 4 is 39.5 Å². The number of hydrogen-bond acceptors (Lipinski definition) is 5. The largest absolute Gasteiger partial charge is 0.382 e. The SMILES string of the molecule is COCC(CC1=CCCC=C1)N=C1NC(=O)/C(=C/c2ccc3ncsc3c2)N1. The topological polar surface area (TPSA) is 75.6 Å². The fraction of sp³-hybridized carbons (Fsp3) is 0.286. The van der Waals surface area contributed by atoms with Gasteiger partial charge in [0.25, 0.3) is 5.91 Å². The molecular weight excluding hydrogens is 372 g/mol. The van der Waals surface area contributed by atoms with Crippen LogP contribution in [0.1, 0.15) is 24.8 Å². The van der Waals surface area contributed by atoms with E-state index < -0.39 is 0 Å². The summed E-state index contributed by atoms with van der Waals surface area (Å²) < 4.78 is 6.41. The van der Waals surface area contributed by atoms with Crippen LogP contribution in [0.3, 0.4) is 0 Å². The van der Waals surface area contributed by atoms with E-state index in [-0.39, 0.29) is 11.9 Å². The third kappa shape index (κ3) is 4.37. The number of allylic oxidation sites excluding steroid dienone is 3. The van der Waals surface area contributed by atoms with E-state index in [1.54, 1.807) is 18.4 Å². The molecule has 0 radical (unpaired) electrons. The van der Waals surface area contributed by atoms with Crippen molar-refractivity contribution in [3.8, 4) is 0 Å². The van der Waals surface area contributed by atoms with E-state index in [4.69, 9.17) is 4.74 Å². The molecule has 1 aromatic carbocycles. The van der Waals surface area contributed by atoms with Crippen LogP contribution in [-0.4, -0.2) is 36.6 Å². The zero-order chi connectivity index (χ0) is 19.3. The Hall–Kier alpha value is -2.77. The molecule has 1 fully saturated rings. The highest BCUT2D eigenvalue weighted by atomic mass is 32.1. The lowest BCUT2D eigenvalue weighted by Gasteiger charge is -2.14. The van der Waals surface area contributed by atoms with Gasteiger partial charge in [0.1, 0.15) is 5.70 Å². The maximum atomic E-state index is 12.3. The van der Waals surface area contributed by atoms with Gasteiger partial charge in [0.2, 0.25) is 5.96 Å². The molecule has 1 aliphatic heterocycles. The number of ether oxygens (including phenoxy) is 1. The Morgan fingerprint density at radius 3 is 3.11 bits per heavy atom. The molecule has 1 aromatic heterocycles. The predicted octanol–water partition coefficient (Wildman–Crippen LogP) is 3.39. The summed E-state index contributed by atoms with van der Waals surface area (Å²) in [6.07, 6.45) is 11.3. The normalized spacial score (nSPS) is 20.5. The lowest BCUT2D eigenvalue weighted by atomic mass is 10.0. The van der Waals surface area contributed by atoms with Gasteiger partial charge in [-0.1, -0.05) is 29.9 Å². The number of benzene rings is 1. The maximum Gasteiger partial charge on any atom is 0.274 e. The molecule has 1 aliphatic carbocycles. The Labute approximate surface area is 167 Å². The third-order valence-electron chi connectivity index (χ3n) is 4.61. The first-order chi connectivity index (χ1) is 13.7. The second-order valence-corrected chi connectivity index (χ2v) is 7.65. The number of methoxy groups -OCH3 is 1. The first-order valence-electron chi connectivity index (χ1n) is 9.27. The Morgan fingerprint density at radius 2 is 2.29 bits per heavy atom. The smallest absolute Gasteiger partial charge is 0.274 e. The molecule has 2 aliphatic rings. The molecule has 1 atom stereocenters. The van der Waals surface area contributed by atoms with Gasteiger partial charge in [-0.15, -0.1) is 11.3 Å². The highest BCUT2D eigenvalue weighted by Gasteiger charge is 2.23. The lowest BCUT2D eigenvalue weighted by Crippen LogP contribution is -2.28. The number of fused-ring (bicyclic) bond motifs is 1. The van der Waals surface area contributed by atoms with Crippen LogP contribution in [-0.2, 0) is 9.53 Å². The van der Waals surface area contributed by atoms with E-state index in [0.717, 1.165) is 35.0 Å². The van der Waals surface area contributed by atoms with Crippen LogP contribution in [0.25, 0.3) is 16.3 Å². The van der Waals surface area contributed by atoms with Gasteiger partial charge in [-0.25, -0.2) is 9.98 Å². The van der Waals surface area contributed by atoms with E-state index in [1.807, 2.05) is 29.8 Å². The zero-order valence-corrected chi connectivity index (χ0v) is 16.5. The number of hydrogen-bond donors (Lipinski definition) is 2. The van der Waals surface area contributed by atoms with Crippen molar-refractivity contribution < 1.29 is 9.53 Å². The average molecular weight is 395 g/mol. The van der Waals surface area contributed by atoms with Crippen molar-refractivity contribution in [2.24, 2.45) is 4.99 Å². The van der Waals surface area contributed by atoms with Crippen LogP contribution in [0, 0.1) is 0 Å². The fourth-order valence-electron chi connectivity index (χ4n) is 3.29. The fourth-order valence-corrected chi connectivity index (χ4v) is 4.02. The van der Waals surface area contributed by atoms with Crippen molar-refractivity contribution in [2.75, 3.05) is 13.7 Å². The summed E-state index contributed by atoms with van der Waals surface area (Å²) in [7, 11) is 1.67. The number of amides is 1. The molecule has 1 amide bonds. The number of aliphatic imine (C=N–C) groups is 1. The van der Waals surface area contributed by atoms with Gasteiger partial charge >= 0.3 is 0 Å². The second-order valence-electron chi connectivity index (χ2n) is 6.77. The highest BCUT2D eigenvalue weighted by Crippen LogP contribution is 2.21.